The molecular formula is C21H20ClN3O4. The van der Waals surface area contributed by atoms with E-state index in [-0.39, 0.29) is 12.2 Å². The molecule has 0 aliphatic carbocycles. The summed E-state index contributed by atoms with van der Waals surface area (Å²) in [6, 6.07) is 12.5. The Morgan fingerprint density at radius 3 is 2.59 bits per heavy atom. The Morgan fingerprint density at radius 2 is 1.83 bits per heavy atom. The van der Waals surface area contributed by atoms with E-state index in [1.54, 1.807) is 36.4 Å². The Kier molecular flexibility index (Phi) is 5.89. The van der Waals surface area contributed by atoms with Crippen LogP contribution in [0, 0.1) is 0 Å². The topological polar surface area (TPSA) is 84.7 Å². The highest BCUT2D eigenvalue weighted by atomic mass is 35.5. The van der Waals surface area contributed by atoms with E-state index in [2.05, 4.69) is 15.4 Å². The molecule has 4 rings (SSSR count). The highest BCUT2D eigenvalue weighted by Crippen LogP contribution is 2.15. The predicted octanol–water partition coefficient (Wildman–Crippen LogP) is 2.60. The lowest BCUT2D eigenvalue weighted by Crippen LogP contribution is -2.35. The van der Waals surface area contributed by atoms with Crippen molar-refractivity contribution in [2.75, 3.05) is 26.3 Å². The summed E-state index contributed by atoms with van der Waals surface area (Å²) in [5.41, 5.74) is 1.50. The number of rotatable bonds is 5. The van der Waals surface area contributed by atoms with Crippen LogP contribution in [0.25, 0.3) is 11.0 Å². The lowest BCUT2D eigenvalue weighted by Gasteiger charge is -2.26. The fraction of sp³-hybridized carbons (Fsp3) is 0.286. The molecule has 1 amide bonds. The van der Waals surface area contributed by atoms with E-state index in [9.17, 15) is 9.59 Å². The van der Waals surface area contributed by atoms with Crippen LogP contribution in [0.1, 0.15) is 21.6 Å². The van der Waals surface area contributed by atoms with Gasteiger partial charge in [-0.3, -0.25) is 14.5 Å². The van der Waals surface area contributed by atoms with Crippen LogP contribution in [0.2, 0.25) is 5.02 Å². The van der Waals surface area contributed by atoms with Crippen molar-refractivity contribution in [2.45, 2.75) is 13.1 Å². The van der Waals surface area contributed by atoms with E-state index in [1.165, 1.54) is 0 Å². The van der Waals surface area contributed by atoms with Crippen LogP contribution in [0.15, 0.2) is 51.8 Å². The number of ether oxygens (including phenoxy) is 1. The molecule has 0 saturated carbocycles. The van der Waals surface area contributed by atoms with Crippen molar-refractivity contribution in [3.63, 3.8) is 0 Å². The molecule has 29 heavy (non-hydrogen) atoms. The number of amides is 1. The van der Waals surface area contributed by atoms with Crippen molar-refractivity contribution in [3.05, 3.63) is 74.5 Å². The van der Waals surface area contributed by atoms with Gasteiger partial charge in [0.2, 0.25) is 11.1 Å². The summed E-state index contributed by atoms with van der Waals surface area (Å²) in [5.74, 6) is -0.575. The molecule has 1 N–H and O–H groups in total. The molecule has 0 bridgehead atoms. The second kappa shape index (κ2) is 8.73. The summed E-state index contributed by atoms with van der Waals surface area (Å²) in [4.78, 5) is 27.6. The molecule has 1 fully saturated rings. The van der Waals surface area contributed by atoms with Gasteiger partial charge in [0.15, 0.2) is 5.58 Å². The summed E-state index contributed by atoms with van der Waals surface area (Å²) in [5, 5.41) is 7.39. The molecule has 1 saturated heterocycles. The molecule has 1 aromatic heterocycles. The first-order chi connectivity index (χ1) is 14.1. The summed E-state index contributed by atoms with van der Waals surface area (Å²) < 4.78 is 10.7. The third-order valence-corrected chi connectivity index (χ3v) is 5.08. The van der Waals surface area contributed by atoms with Crippen LogP contribution >= 0.6 is 11.6 Å². The Bertz CT molecular complexity index is 1080. The fourth-order valence-corrected chi connectivity index (χ4v) is 3.35. The number of hydrogen-bond acceptors (Lipinski definition) is 6. The number of morpholine rings is 1. The molecule has 150 valence electrons. The number of hydrogen-bond donors (Lipinski definition) is 1. The van der Waals surface area contributed by atoms with Crippen LogP contribution < -0.4 is 10.7 Å². The van der Waals surface area contributed by atoms with Crippen molar-refractivity contribution in [1.82, 2.24) is 15.4 Å². The van der Waals surface area contributed by atoms with Gasteiger partial charge in [0.05, 0.1) is 18.6 Å². The largest absolute Gasteiger partial charge is 0.379 e. The van der Waals surface area contributed by atoms with Gasteiger partial charge in [0.25, 0.3) is 5.91 Å². The van der Waals surface area contributed by atoms with Crippen molar-refractivity contribution in [1.29, 1.82) is 0 Å². The molecule has 0 radical (unpaired) electrons. The molecule has 0 atom stereocenters. The predicted molar refractivity (Wildman–Crippen MR) is 109 cm³/mol. The summed E-state index contributed by atoms with van der Waals surface area (Å²) >= 11 is 5.86. The standard InChI is InChI=1S/C21H20ClN3O4/c22-16-4-1-14(2-5-16)12-23-21(27)19-20(26)17-11-15(3-6-18(17)29-24-19)13-25-7-9-28-10-8-25/h1-6,11H,7-10,12-13H2,(H,23,27). The second-order valence-electron chi connectivity index (χ2n) is 6.89. The number of nitrogens with one attached hydrogen (secondary N) is 1. The van der Waals surface area contributed by atoms with Crippen molar-refractivity contribution in [2.24, 2.45) is 0 Å². The van der Waals surface area contributed by atoms with Crippen LogP contribution in [0.4, 0.5) is 0 Å². The van der Waals surface area contributed by atoms with Crippen LogP contribution in [0.5, 0.6) is 0 Å². The number of aromatic nitrogens is 1. The number of halogens is 1. The molecule has 1 aliphatic heterocycles. The lowest BCUT2D eigenvalue weighted by atomic mass is 10.1. The van der Waals surface area contributed by atoms with Crippen LogP contribution in [-0.4, -0.2) is 42.3 Å². The number of benzene rings is 2. The van der Waals surface area contributed by atoms with Gasteiger partial charge in [0.1, 0.15) is 0 Å². The van der Waals surface area contributed by atoms with Crippen molar-refractivity contribution < 1.29 is 14.1 Å². The fourth-order valence-electron chi connectivity index (χ4n) is 3.23. The van der Waals surface area contributed by atoms with E-state index in [4.69, 9.17) is 20.9 Å². The van der Waals surface area contributed by atoms with Gasteiger partial charge < -0.3 is 14.6 Å². The maximum absolute atomic E-state index is 12.8. The monoisotopic (exact) mass is 413 g/mol. The SMILES string of the molecule is O=C(NCc1ccc(Cl)cc1)c1noc2ccc(CN3CCOCC3)cc2c1=O. The third-order valence-electron chi connectivity index (χ3n) is 4.83. The van der Waals surface area contributed by atoms with Gasteiger partial charge in [-0.2, -0.15) is 0 Å². The second-order valence-corrected chi connectivity index (χ2v) is 7.32. The Hall–Kier alpha value is -2.74. The summed E-state index contributed by atoms with van der Waals surface area (Å²) in [7, 11) is 0. The summed E-state index contributed by atoms with van der Waals surface area (Å²) in [6.45, 7) is 4.07. The normalized spacial score (nSPS) is 14.8. The van der Waals surface area contributed by atoms with Gasteiger partial charge in [0, 0.05) is 31.2 Å². The zero-order valence-corrected chi connectivity index (χ0v) is 16.4. The Balaban J connectivity index is 1.52. The van der Waals surface area contributed by atoms with Gasteiger partial charge in [-0.1, -0.05) is 35.0 Å². The molecule has 7 nitrogen and oxygen atoms in total. The molecule has 0 spiro atoms. The third kappa shape index (κ3) is 4.64. The molecule has 2 heterocycles. The van der Waals surface area contributed by atoms with E-state index in [1.807, 2.05) is 6.07 Å². The average molecular weight is 414 g/mol. The van der Waals surface area contributed by atoms with Crippen molar-refractivity contribution >= 4 is 28.5 Å². The van der Waals surface area contributed by atoms with Gasteiger partial charge in [-0.25, -0.2) is 0 Å². The molecule has 1 aliphatic rings. The lowest BCUT2D eigenvalue weighted by molar-refractivity contribution is 0.0342. The summed E-state index contributed by atoms with van der Waals surface area (Å²) in [6.07, 6.45) is 0. The van der Waals surface area contributed by atoms with Gasteiger partial charge >= 0.3 is 0 Å². The Labute approximate surface area is 172 Å². The molecule has 2 aromatic carbocycles. The van der Waals surface area contributed by atoms with Crippen LogP contribution in [0.3, 0.4) is 0 Å². The average Bonchev–Trinajstić information content (AvgIpc) is 2.74. The first-order valence-electron chi connectivity index (χ1n) is 9.35. The minimum absolute atomic E-state index is 0.255. The number of carbonyl (C=O) groups excluding carboxylic acids is 1. The van der Waals surface area contributed by atoms with Gasteiger partial charge in [-0.15, -0.1) is 0 Å². The van der Waals surface area contributed by atoms with E-state index in [0.717, 1.165) is 24.2 Å². The Morgan fingerprint density at radius 1 is 1.10 bits per heavy atom. The van der Waals surface area contributed by atoms with Gasteiger partial charge in [-0.05, 0) is 35.4 Å². The number of carbonyl (C=O) groups is 1. The first kappa shape index (κ1) is 19.6. The van der Waals surface area contributed by atoms with E-state index in [0.29, 0.717) is 35.8 Å². The highest BCUT2D eigenvalue weighted by Gasteiger charge is 2.18. The maximum Gasteiger partial charge on any atom is 0.277 e. The zero-order valence-electron chi connectivity index (χ0n) is 15.7. The molecular weight excluding hydrogens is 394 g/mol. The minimum Gasteiger partial charge on any atom is -0.379 e. The smallest absolute Gasteiger partial charge is 0.277 e. The maximum atomic E-state index is 12.8. The van der Waals surface area contributed by atoms with Crippen LogP contribution in [-0.2, 0) is 17.8 Å². The van der Waals surface area contributed by atoms with E-state index < -0.39 is 11.3 Å². The number of nitrogens with zero attached hydrogens (tertiary/aromatic N) is 2. The number of fused-ring (bicyclic) bond motifs is 1. The minimum atomic E-state index is -0.575. The highest BCUT2D eigenvalue weighted by molar-refractivity contribution is 6.30. The van der Waals surface area contributed by atoms with Crippen molar-refractivity contribution in [3.8, 4) is 0 Å². The molecule has 3 aromatic rings. The zero-order chi connectivity index (χ0) is 20.2. The molecule has 0 unspecified atom stereocenters. The quantitative estimate of drug-likeness (QED) is 0.692. The molecule has 8 heteroatoms. The van der Waals surface area contributed by atoms with E-state index >= 15 is 0 Å². The first-order valence-corrected chi connectivity index (χ1v) is 9.73.